The van der Waals surface area contributed by atoms with Crippen LogP contribution in [0.2, 0.25) is 5.02 Å². The highest BCUT2D eigenvalue weighted by atomic mass is 35.5. The van der Waals surface area contributed by atoms with Crippen molar-refractivity contribution < 1.29 is 14.7 Å². The lowest BCUT2D eigenvalue weighted by Gasteiger charge is -2.20. The zero-order valence-corrected chi connectivity index (χ0v) is 13.8. The van der Waals surface area contributed by atoms with Gasteiger partial charge in [-0.1, -0.05) is 48.0 Å². The van der Waals surface area contributed by atoms with E-state index in [4.69, 9.17) is 11.6 Å². The van der Waals surface area contributed by atoms with Crippen LogP contribution in [0.15, 0.2) is 54.6 Å². The minimum Gasteiger partial charge on any atom is -0.375 e. The molecule has 1 atom stereocenters. The number of hydrogen-bond donors (Lipinski definition) is 1. The molecule has 122 valence electrons. The quantitative estimate of drug-likeness (QED) is 0.869. The Morgan fingerprint density at radius 1 is 1.25 bits per heavy atom. The third-order valence-corrected chi connectivity index (χ3v) is 4.35. The number of fused-ring (bicyclic) bond motifs is 1. The highest BCUT2D eigenvalue weighted by Gasteiger charge is 2.49. The summed E-state index contributed by atoms with van der Waals surface area (Å²) in [5, 5.41) is 11.3. The molecule has 0 fully saturated rings. The summed E-state index contributed by atoms with van der Waals surface area (Å²) in [7, 11) is 1.57. The lowest BCUT2D eigenvalue weighted by Crippen LogP contribution is -2.40. The van der Waals surface area contributed by atoms with Crippen molar-refractivity contribution in [2.45, 2.75) is 12.0 Å². The molecule has 0 saturated heterocycles. The Morgan fingerprint density at radius 2 is 1.96 bits per heavy atom. The minimum atomic E-state index is -1.88. The molecule has 0 aliphatic carbocycles. The molecule has 2 aromatic carbocycles. The molecule has 2 aromatic rings. The highest BCUT2D eigenvalue weighted by Crippen LogP contribution is 2.42. The molecule has 0 radical (unpaired) electrons. The molecule has 0 bridgehead atoms. The summed E-state index contributed by atoms with van der Waals surface area (Å²) in [5.74, 6) is -0.864. The van der Waals surface area contributed by atoms with E-state index in [1.165, 1.54) is 17.0 Å². The van der Waals surface area contributed by atoms with Gasteiger partial charge in [0, 0.05) is 17.6 Å². The van der Waals surface area contributed by atoms with Crippen molar-refractivity contribution in [3.63, 3.8) is 0 Å². The largest absolute Gasteiger partial charge is 0.375 e. The molecule has 1 aliphatic rings. The molecule has 1 amide bonds. The van der Waals surface area contributed by atoms with E-state index < -0.39 is 11.5 Å². The molecule has 0 saturated carbocycles. The van der Waals surface area contributed by atoms with Gasteiger partial charge in [0.15, 0.2) is 11.4 Å². The number of rotatable bonds is 4. The average Bonchev–Trinajstić information content (AvgIpc) is 2.75. The van der Waals surface area contributed by atoms with Crippen molar-refractivity contribution in [3.05, 3.63) is 70.8 Å². The summed E-state index contributed by atoms with van der Waals surface area (Å²) in [6.07, 6.45) is 2.71. The van der Waals surface area contributed by atoms with E-state index in [9.17, 15) is 14.7 Å². The molecular formula is C19H16ClNO3. The monoisotopic (exact) mass is 341 g/mol. The van der Waals surface area contributed by atoms with Gasteiger partial charge in [-0.15, -0.1) is 0 Å². The summed E-state index contributed by atoms with van der Waals surface area (Å²) < 4.78 is 0. The van der Waals surface area contributed by atoms with Crippen LogP contribution in [0.1, 0.15) is 17.5 Å². The van der Waals surface area contributed by atoms with Crippen molar-refractivity contribution in [3.8, 4) is 0 Å². The Kier molecular flexibility index (Phi) is 4.26. The van der Waals surface area contributed by atoms with Gasteiger partial charge in [0.2, 0.25) is 0 Å². The van der Waals surface area contributed by atoms with E-state index in [-0.39, 0.29) is 12.2 Å². The molecule has 1 unspecified atom stereocenters. The Bertz CT molecular complexity index is 832. The van der Waals surface area contributed by atoms with Gasteiger partial charge in [0.25, 0.3) is 5.91 Å². The van der Waals surface area contributed by atoms with Gasteiger partial charge in [0.1, 0.15) is 0 Å². The van der Waals surface area contributed by atoms with Crippen molar-refractivity contribution in [2.24, 2.45) is 0 Å². The zero-order valence-electron chi connectivity index (χ0n) is 13.1. The number of aliphatic hydroxyl groups is 1. The fourth-order valence-corrected chi connectivity index (χ4v) is 3.04. The molecule has 0 aromatic heterocycles. The number of anilines is 1. The van der Waals surface area contributed by atoms with Crippen molar-refractivity contribution in [1.29, 1.82) is 0 Å². The Balaban J connectivity index is 1.86. The average molecular weight is 342 g/mol. The van der Waals surface area contributed by atoms with Crippen LogP contribution >= 0.6 is 11.6 Å². The number of halogens is 1. The number of carbonyl (C=O) groups excluding carboxylic acids is 2. The molecule has 0 spiro atoms. The van der Waals surface area contributed by atoms with Crippen LogP contribution in [0.3, 0.4) is 0 Å². The number of hydrogen-bond acceptors (Lipinski definition) is 3. The molecule has 5 heteroatoms. The fourth-order valence-electron chi connectivity index (χ4n) is 2.87. The Morgan fingerprint density at radius 3 is 2.67 bits per heavy atom. The van der Waals surface area contributed by atoms with E-state index in [1.807, 2.05) is 30.3 Å². The van der Waals surface area contributed by atoms with Gasteiger partial charge in [-0.2, -0.15) is 0 Å². The summed E-state index contributed by atoms with van der Waals surface area (Å²) in [6.45, 7) is 0. The van der Waals surface area contributed by atoms with E-state index >= 15 is 0 Å². The van der Waals surface area contributed by atoms with Crippen LogP contribution in [0, 0.1) is 0 Å². The summed E-state index contributed by atoms with van der Waals surface area (Å²) in [4.78, 5) is 26.1. The number of likely N-dealkylation sites (N-methyl/N-ethyl adjacent to an activating group) is 1. The molecule has 4 nitrogen and oxygen atoms in total. The maximum atomic E-state index is 12.5. The SMILES string of the molecule is CN1C(=O)C(O)(CC(=O)/C=C/c2ccccc2)c2cc(Cl)ccc21. The van der Waals surface area contributed by atoms with Gasteiger partial charge in [-0.05, 0) is 29.8 Å². The van der Waals surface area contributed by atoms with Crippen LogP contribution in [-0.2, 0) is 15.2 Å². The van der Waals surface area contributed by atoms with Crippen molar-refractivity contribution in [2.75, 3.05) is 11.9 Å². The van der Waals surface area contributed by atoms with Crippen LogP contribution in [0.4, 0.5) is 5.69 Å². The number of carbonyl (C=O) groups is 2. The van der Waals surface area contributed by atoms with Gasteiger partial charge in [-0.3, -0.25) is 9.59 Å². The second-order valence-electron chi connectivity index (χ2n) is 5.77. The summed E-state index contributed by atoms with van der Waals surface area (Å²) in [6, 6.07) is 14.2. The first-order valence-corrected chi connectivity index (χ1v) is 7.86. The van der Waals surface area contributed by atoms with E-state index in [0.717, 1.165) is 5.56 Å². The smallest absolute Gasteiger partial charge is 0.263 e. The molecule has 1 aliphatic heterocycles. The zero-order chi connectivity index (χ0) is 17.3. The normalized spacial score (nSPS) is 19.8. The standard InChI is InChI=1S/C19H16ClNO3/c1-21-17-10-8-14(20)11-16(17)19(24,18(21)23)12-15(22)9-7-13-5-3-2-4-6-13/h2-11,24H,12H2,1H3/b9-7+. The first-order chi connectivity index (χ1) is 11.4. The topological polar surface area (TPSA) is 57.6 Å². The minimum absolute atomic E-state index is 0.327. The molecule has 24 heavy (non-hydrogen) atoms. The first-order valence-electron chi connectivity index (χ1n) is 7.48. The van der Waals surface area contributed by atoms with Crippen molar-refractivity contribution >= 4 is 35.1 Å². The van der Waals surface area contributed by atoms with E-state index in [0.29, 0.717) is 16.3 Å². The van der Waals surface area contributed by atoms with Crippen LogP contribution in [-0.4, -0.2) is 23.8 Å². The number of nitrogens with zero attached hydrogens (tertiary/aromatic N) is 1. The van der Waals surface area contributed by atoms with Crippen LogP contribution in [0.5, 0.6) is 0 Å². The lowest BCUT2D eigenvalue weighted by atomic mass is 9.89. The Hall–Kier alpha value is -2.43. The fraction of sp³-hybridized carbons (Fsp3) is 0.158. The first kappa shape index (κ1) is 16.4. The van der Waals surface area contributed by atoms with E-state index in [2.05, 4.69) is 0 Å². The van der Waals surface area contributed by atoms with Gasteiger partial charge < -0.3 is 10.0 Å². The van der Waals surface area contributed by atoms with Crippen molar-refractivity contribution in [1.82, 2.24) is 0 Å². The predicted octanol–water partition coefficient (Wildman–Crippen LogP) is 3.18. The number of amides is 1. The molecule has 1 N–H and O–H groups in total. The maximum Gasteiger partial charge on any atom is 0.263 e. The second-order valence-corrected chi connectivity index (χ2v) is 6.21. The van der Waals surface area contributed by atoms with Gasteiger partial charge >= 0.3 is 0 Å². The highest BCUT2D eigenvalue weighted by molar-refractivity contribution is 6.31. The molecule has 1 heterocycles. The molecular weight excluding hydrogens is 326 g/mol. The summed E-state index contributed by atoms with van der Waals surface area (Å²) in [5.41, 5.74) is -0.0838. The number of allylic oxidation sites excluding steroid dienone is 1. The van der Waals surface area contributed by atoms with Gasteiger partial charge in [-0.25, -0.2) is 0 Å². The van der Waals surface area contributed by atoms with E-state index in [1.54, 1.807) is 25.3 Å². The number of benzene rings is 2. The van der Waals surface area contributed by atoms with Gasteiger partial charge in [0.05, 0.1) is 12.1 Å². The van der Waals surface area contributed by atoms with Crippen LogP contribution in [0.25, 0.3) is 6.08 Å². The third-order valence-electron chi connectivity index (χ3n) is 4.12. The number of ketones is 1. The van der Waals surface area contributed by atoms with Crippen LogP contribution < -0.4 is 4.90 Å². The maximum absolute atomic E-state index is 12.5. The summed E-state index contributed by atoms with van der Waals surface area (Å²) >= 11 is 5.98. The lowest BCUT2D eigenvalue weighted by molar-refractivity contribution is -0.140. The third kappa shape index (κ3) is 2.86. The second kappa shape index (κ2) is 6.23. The Labute approximate surface area is 145 Å². The molecule has 3 rings (SSSR count). The predicted molar refractivity (Wildman–Crippen MR) is 93.9 cm³/mol.